The van der Waals surface area contributed by atoms with Crippen molar-refractivity contribution in [1.29, 1.82) is 0 Å². The smallest absolute Gasteiger partial charge is 0.0544 e. The molecule has 118 valence electrons. The molecule has 4 rings (SSSR count). The average Bonchev–Trinajstić information content (AvgIpc) is 3.03. The third kappa shape index (κ3) is 2.41. The molecule has 0 saturated heterocycles. The number of nitrogens with one attached hydrogen (secondary N) is 1. The molecule has 0 bridgehead atoms. The highest BCUT2D eigenvalue weighted by Crippen LogP contribution is 2.39. The predicted molar refractivity (Wildman–Crippen MR) is 102 cm³/mol. The summed E-state index contributed by atoms with van der Waals surface area (Å²) < 4.78 is 0. The molecule has 2 heteroatoms. The van der Waals surface area contributed by atoms with Crippen molar-refractivity contribution < 1.29 is 0 Å². The highest BCUT2D eigenvalue weighted by atomic mass is 14.7. The maximum atomic E-state index is 5.86. The van der Waals surface area contributed by atoms with Crippen LogP contribution in [0.3, 0.4) is 0 Å². The summed E-state index contributed by atoms with van der Waals surface area (Å²) in [5.74, 6) is 0. The highest BCUT2D eigenvalue weighted by molar-refractivity contribution is 6.05. The van der Waals surface area contributed by atoms with Crippen molar-refractivity contribution >= 4 is 10.9 Å². The second-order valence-corrected chi connectivity index (χ2v) is 6.14. The van der Waals surface area contributed by atoms with Gasteiger partial charge in [0.25, 0.3) is 0 Å². The first-order valence-corrected chi connectivity index (χ1v) is 8.24. The summed E-state index contributed by atoms with van der Waals surface area (Å²) in [6.45, 7) is 2.72. The van der Waals surface area contributed by atoms with E-state index >= 15 is 0 Å². The molecule has 3 N–H and O–H groups in total. The lowest BCUT2D eigenvalue weighted by atomic mass is 9.95. The van der Waals surface area contributed by atoms with E-state index in [-0.39, 0.29) is 0 Å². The van der Waals surface area contributed by atoms with Crippen molar-refractivity contribution in [2.24, 2.45) is 5.73 Å². The lowest BCUT2D eigenvalue weighted by molar-refractivity contribution is 1.07. The largest absolute Gasteiger partial charge is 0.354 e. The maximum absolute atomic E-state index is 5.86. The third-order valence-electron chi connectivity index (χ3n) is 4.55. The number of H-pyrrole nitrogens is 1. The van der Waals surface area contributed by atoms with E-state index in [1.165, 1.54) is 33.2 Å². The van der Waals surface area contributed by atoms with E-state index in [0.717, 1.165) is 11.3 Å². The Kier molecular flexibility index (Phi) is 3.68. The molecule has 0 atom stereocenters. The van der Waals surface area contributed by atoms with Crippen LogP contribution in [0.1, 0.15) is 11.1 Å². The minimum absolute atomic E-state index is 0.551. The van der Waals surface area contributed by atoms with Crippen molar-refractivity contribution in [2.75, 3.05) is 0 Å². The molecule has 3 aromatic carbocycles. The van der Waals surface area contributed by atoms with Gasteiger partial charge < -0.3 is 10.7 Å². The number of aryl methyl sites for hydroxylation is 1. The zero-order chi connectivity index (χ0) is 16.5. The van der Waals surface area contributed by atoms with E-state index in [4.69, 9.17) is 5.73 Å². The Bertz CT molecular complexity index is 997. The van der Waals surface area contributed by atoms with Crippen molar-refractivity contribution in [1.82, 2.24) is 4.98 Å². The molecule has 0 unspecified atom stereocenters. The molecule has 0 aliphatic carbocycles. The van der Waals surface area contributed by atoms with Gasteiger partial charge in [0, 0.05) is 23.0 Å². The highest BCUT2D eigenvalue weighted by Gasteiger charge is 2.16. The van der Waals surface area contributed by atoms with Gasteiger partial charge in [0.2, 0.25) is 0 Å². The number of benzene rings is 3. The molecule has 0 amide bonds. The van der Waals surface area contributed by atoms with Crippen LogP contribution in [0.4, 0.5) is 0 Å². The van der Waals surface area contributed by atoms with E-state index < -0.39 is 0 Å². The van der Waals surface area contributed by atoms with Crippen LogP contribution in [-0.4, -0.2) is 4.98 Å². The topological polar surface area (TPSA) is 41.8 Å². The number of nitrogens with two attached hydrogens (primary N) is 1. The molecule has 1 heterocycles. The molecule has 0 radical (unpaired) electrons. The molecule has 2 nitrogen and oxygen atoms in total. The van der Waals surface area contributed by atoms with E-state index in [1.54, 1.807) is 0 Å². The van der Waals surface area contributed by atoms with Crippen LogP contribution < -0.4 is 5.73 Å². The van der Waals surface area contributed by atoms with Gasteiger partial charge in [0.05, 0.1) is 5.69 Å². The minimum atomic E-state index is 0.551. The molecule has 0 aliphatic heterocycles. The summed E-state index contributed by atoms with van der Waals surface area (Å²) >= 11 is 0. The van der Waals surface area contributed by atoms with Crippen molar-refractivity contribution in [3.05, 3.63) is 83.9 Å². The summed E-state index contributed by atoms with van der Waals surface area (Å²) in [7, 11) is 0. The van der Waals surface area contributed by atoms with Gasteiger partial charge in [0.15, 0.2) is 0 Å². The lowest BCUT2D eigenvalue weighted by Crippen LogP contribution is -1.96. The second-order valence-electron chi connectivity index (χ2n) is 6.14. The zero-order valence-electron chi connectivity index (χ0n) is 13.7. The van der Waals surface area contributed by atoms with Crippen molar-refractivity contribution in [3.63, 3.8) is 0 Å². The van der Waals surface area contributed by atoms with Gasteiger partial charge in [-0.05, 0) is 41.3 Å². The van der Waals surface area contributed by atoms with E-state index in [0.29, 0.717) is 6.54 Å². The van der Waals surface area contributed by atoms with Crippen LogP contribution in [0.25, 0.3) is 33.3 Å². The Labute approximate surface area is 142 Å². The van der Waals surface area contributed by atoms with Crippen LogP contribution in [0.5, 0.6) is 0 Å². The number of aromatic amines is 1. The van der Waals surface area contributed by atoms with Gasteiger partial charge in [-0.1, -0.05) is 60.7 Å². The van der Waals surface area contributed by atoms with E-state index in [9.17, 15) is 0 Å². The number of rotatable bonds is 3. The van der Waals surface area contributed by atoms with Crippen LogP contribution in [0.15, 0.2) is 72.8 Å². The summed E-state index contributed by atoms with van der Waals surface area (Å²) in [6, 6.07) is 25.4. The Morgan fingerprint density at radius 3 is 2.38 bits per heavy atom. The van der Waals surface area contributed by atoms with Crippen molar-refractivity contribution in [3.8, 4) is 22.4 Å². The lowest BCUT2D eigenvalue weighted by Gasteiger charge is -2.08. The molecule has 4 aromatic rings. The first-order chi connectivity index (χ1) is 11.8. The first-order valence-electron chi connectivity index (χ1n) is 8.24. The molecule has 0 aliphatic rings. The van der Waals surface area contributed by atoms with Gasteiger partial charge >= 0.3 is 0 Å². The standard InChI is InChI=1S/C22H20N2/c1-15-7-5-12-19-20(15)21(18-11-6-8-16(13-18)14-23)22(24-19)17-9-3-2-4-10-17/h2-13,24H,14,23H2,1H3. The molecular formula is C22H20N2. The number of hydrogen-bond donors (Lipinski definition) is 2. The quantitative estimate of drug-likeness (QED) is 0.531. The molecule has 24 heavy (non-hydrogen) atoms. The van der Waals surface area contributed by atoms with Crippen LogP contribution in [-0.2, 0) is 6.54 Å². The number of aromatic nitrogens is 1. The second kappa shape index (κ2) is 5.99. The van der Waals surface area contributed by atoms with Crippen LogP contribution in [0, 0.1) is 6.92 Å². The van der Waals surface area contributed by atoms with Gasteiger partial charge in [-0.25, -0.2) is 0 Å². The maximum Gasteiger partial charge on any atom is 0.0544 e. The fraction of sp³-hybridized carbons (Fsp3) is 0.0909. The Morgan fingerprint density at radius 2 is 1.58 bits per heavy atom. The van der Waals surface area contributed by atoms with Crippen LogP contribution in [0.2, 0.25) is 0 Å². The van der Waals surface area contributed by atoms with Gasteiger partial charge in [-0.2, -0.15) is 0 Å². The summed E-state index contributed by atoms with van der Waals surface area (Å²) in [5.41, 5.74) is 14.3. The molecular weight excluding hydrogens is 292 g/mol. The molecule has 0 fully saturated rings. The normalized spacial score (nSPS) is 11.1. The Balaban J connectivity index is 2.08. The average molecular weight is 312 g/mol. The Morgan fingerprint density at radius 1 is 0.833 bits per heavy atom. The predicted octanol–water partition coefficient (Wildman–Crippen LogP) is 5.27. The van der Waals surface area contributed by atoms with Gasteiger partial charge in [-0.15, -0.1) is 0 Å². The number of hydrogen-bond acceptors (Lipinski definition) is 1. The summed E-state index contributed by atoms with van der Waals surface area (Å²) in [5, 5.41) is 1.28. The third-order valence-corrected chi connectivity index (χ3v) is 4.55. The Hall–Kier alpha value is -2.84. The van der Waals surface area contributed by atoms with Crippen molar-refractivity contribution in [2.45, 2.75) is 13.5 Å². The fourth-order valence-electron chi connectivity index (χ4n) is 3.39. The van der Waals surface area contributed by atoms with Gasteiger partial charge in [0.1, 0.15) is 0 Å². The summed E-state index contributed by atoms with van der Waals surface area (Å²) in [4.78, 5) is 3.63. The monoisotopic (exact) mass is 312 g/mol. The molecule has 0 spiro atoms. The van der Waals surface area contributed by atoms with E-state index in [1.807, 2.05) is 6.07 Å². The SMILES string of the molecule is Cc1cccc2[nH]c(-c3ccccc3)c(-c3cccc(CN)c3)c12. The van der Waals surface area contributed by atoms with Gasteiger partial charge in [-0.3, -0.25) is 0 Å². The minimum Gasteiger partial charge on any atom is -0.354 e. The van der Waals surface area contributed by atoms with Crippen LogP contribution >= 0.6 is 0 Å². The fourth-order valence-corrected chi connectivity index (χ4v) is 3.39. The zero-order valence-corrected chi connectivity index (χ0v) is 13.7. The molecule has 0 saturated carbocycles. The summed E-state index contributed by atoms with van der Waals surface area (Å²) in [6.07, 6.45) is 0. The number of fused-ring (bicyclic) bond motifs is 1. The first kappa shape index (κ1) is 14.7. The van der Waals surface area contributed by atoms with E-state index in [2.05, 4.69) is 78.6 Å². The molecule has 1 aromatic heterocycles.